The molecule has 0 amide bonds. The van der Waals surface area contributed by atoms with Gasteiger partial charge in [0.2, 0.25) is 0 Å². The van der Waals surface area contributed by atoms with Gasteiger partial charge in [0.05, 0.1) is 0 Å². The molecule has 0 aromatic rings. The van der Waals surface area contributed by atoms with Crippen molar-refractivity contribution in [2.45, 2.75) is 50.4 Å². The van der Waals surface area contributed by atoms with Crippen molar-refractivity contribution in [3.05, 3.63) is 11.1 Å². The zero-order valence-corrected chi connectivity index (χ0v) is 12.7. The molecule has 0 aromatic carbocycles. The zero-order chi connectivity index (χ0) is 9.78. The summed E-state index contributed by atoms with van der Waals surface area (Å²) >= 11 is 2.44. The van der Waals surface area contributed by atoms with Crippen molar-refractivity contribution in [3.63, 3.8) is 0 Å². The molecule has 0 heterocycles. The van der Waals surface area contributed by atoms with Gasteiger partial charge in [-0.15, -0.1) is 0 Å². The molecule has 0 unspecified atom stereocenters. The summed E-state index contributed by atoms with van der Waals surface area (Å²) in [6.45, 7) is 11.4. The summed E-state index contributed by atoms with van der Waals surface area (Å²) in [5, 5.41) is 4.15. The Balaban J connectivity index is 4.32. The Bertz CT molecular complexity index is 165. The van der Waals surface area contributed by atoms with Crippen LogP contribution in [0.15, 0.2) is 11.1 Å². The Morgan fingerprint density at radius 1 is 1.08 bits per heavy atom. The average Bonchev–Trinajstić information content (AvgIpc) is 2.04. The Labute approximate surface area is 86.8 Å². The van der Waals surface area contributed by atoms with Crippen LogP contribution in [-0.2, 0) is 0 Å². The van der Waals surface area contributed by atoms with Crippen molar-refractivity contribution >= 4 is 25.4 Å². The van der Waals surface area contributed by atoms with Gasteiger partial charge in [-0.2, -0.15) is 0 Å². The van der Waals surface area contributed by atoms with E-state index in [4.69, 9.17) is 0 Å². The van der Waals surface area contributed by atoms with Crippen LogP contribution in [0, 0.1) is 0 Å². The van der Waals surface area contributed by atoms with Gasteiger partial charge in [-0.1, -0.05) is 0 Å². The van der Waals surface area contributed by atoms with E-state index in [1.165, 1.54) is 21.3 Å². The molecule has 0 N–H and O–H groups in total. The van der Waals surface area contributed by atoms with Crippen molar-refractivity contribution < 1.29 is 0 Å². The van der Waals surface area contributed by atoms with Crippen LogP contribution in [0.2, 0.25) is 15.8 Å². The van der Waals surface area contributed by atoms with Gasteiger partial charge in [-0.25, -0.2) is 0 Å². The van der Waals surface area contributed by atoms with Crippen LogP contribution in [0.4, 0.5) is 0 Å². The quantitative estimate of drug-likeness (QED) is 0.519. The Kier molecular flexibility index (Phi) is 5.83. The minimum absolute atomic E-state index is 1.37. The summed E-state index contributed by atoms with van der Waals surface area (Å²) in [5.74, 6) is 0. The molecule has 0 aliphatic rings. The van der Waals surface area contributed by atoms with E-state index < -0.39 is 11.4 Å². The van der Waals surface area contributed by atoms with Gasteiger partial charge < -0.3 is 0 Å². The van der Waals surface area contributed by atoms with E-state index in [1.54, 1.807) is 5.57 Å². The maximum atomic E-state index is 4.01. The molecular formula is C10H21BrGe. The van der Waals surface area contributed by atoms with Crippen LogP contribution in [0.5, 0.6) is 0 Å². The summed E-state index contributed by atoms with van der Waals surface area (Å²) in [5.41, 5.74) is 3.11. The molecule has 0 fully saturated rings. The fourth-order valence-electron chi connectivity index (χ4n) is 1.15. The predicted octanol–water partition coefficient (Wildman–Crippen LogP) is 4.72. The molecule has 0 saturated carbocycles. The number of hydrogen-bond donors (Lipinski definition) is 0. The predicted molar refractivity (Wildman–Crippen MR) is 64.5 cm³/mol. The molecule has 12 heavy (non-hydrogen) atoms. The van der Waals surface area contributed by atoms with E-state index in [0.29, 0.717) is 0 Å². The van der Waals surface area contributed by atoms with Crippen molar-refractivity contribution in [1.29, 1.82) is 0 Å². The minimum atomic E-state index is -1.56. The monoisotopic (exact) mass is 294 g/mol. The molecule has 2 heteroatoms. The van der Waals surface area contributed by atoms with Gasteiger partial charge in [0.25, 0.3) is 0 Å². The Morgan fingerprint density at radius 2 is 1.50 bits per heavy atom. The fourth-order valence-corrected chi connectivity index (χ4v) is 8.17. The Hall–Kier alpha value is 0.763. The second-order valence-electron chi connectivity index (χ2n) is 3.82. The van der Waals surface area contributed by atoms with Crippen molar-refractivity contribution in [2.24, 2.45) is 0 Å². The molecule has 0 bridgehead atoms. The summed E-state index contributed by atoms with van der Waals surface area (Å²) in [6, 6.07) is 0. The fraction of sp³-hybridized carbons (Fsp3) is 0.800. The van der Waals surface area contributed by atoms with E-state index >= 15 is 0 Å². The van der Waals surface area contributed by atoms with Crippen molar-refractivity contribution in [2.75, 3.05) is 0 Å². The summed E-state index contributed by atoms with van der Waals surface area (Å²) < 4.78 is 0. The molecule has 0 atom stereocenters. The third-order valence-corrected chi connectivity index (χ3v) is 17.7. The first-order valence-corrected chi connectivity index (χ1v) is 14.1. The first kappa shape index (κ1) is 12.8. The summed E-state index contributed by atoms with van der Waals surface area (Å²) in [7, 11) is 0. The molecule has 0 aliphatic carbocycles. The third-order valence-electron chi connectivity index (χ3n) is 2.70. The number of halogens is 1. The van der Waals surface area contributed by atoms with Gasteiger partial charge >= 0.3 is 87.0 Å². The van der Waals surface area contributed by atoms with E-state index in [9.17, 15) is 0 Å². The van der Waals surface area contributed by atoms with E-state index in [1.807, 2.05) is 0 Å². The Morgan fingerprint density at radius 3 is 1.75 bits per heavy atom. The molecule has 0 aliphatic heterocycles. The number of hydrogen-bond acceptors (Lipinski definition) is 0. The number of allylic oxidation sites excluding steroid dienone is 2. The standard InChI is InChI=1S/C10H21BrGe/c1-6-12(11,7-2)8-10(5)9(3)4/h6-8H2,1-5H3. The van der Waals surface area contributed by atoms with Gasteiger partial charge in [0.1, 0.15) is 0 Å². The van der Waals surface area contributed by atoms with Crippen molar-refractivity contribution in [3.8, 4) is 0 Å². The SMILES string of the molecule is C[CH2][Ge]([Br])([CH2]C)[CH2]C(C)=C(C)C. The van der Waals surface area contributed by atoms with Crippen molar-refractivity contribution in [1.82, 2.24) is 0 Å². The second-order valence-corrected chi connectivity index (χ2v) is 21.1. The molecule has 0 rings (SSSR count). The first-order chi connectivity index (χ1) is 5.45. The number of rotatable bonds is 4. The summed E-state index contributed by atoms with van der Waals surface area (Å²) in [6.07, 6.45) is 0. The van der Waals surface area contributed by atoms with Gasteiger partial charge in [-0.05, 0) is 0 Å². The molecular weight excluding hydrogens is 273 g/mol. The normalized spacial score (nSPS) is 11.5. The van der Waals surface area contributed by atoms with Crippen LogP contribution >= 0.6 is 14.0 Å². The molecule has 0 aromatic heterocycles. The molecule has 0 saturated heterocycles. The maximum absolute atomic E-state index is 4.01. The van der Waals surface area contributed by atoms with Crippen LogP contribution < -0.4 is 0 Å². The molecule has 0 radical (unpaired) electrons. The van der Waals surface area contributed by atoms with Gasteiger partial charge in [0.15, 0.2) is 0 Å². The second kappa shape index (κ2) is 5.48. The van der Waals surface area contributed by atoms with E-state index in [-0.39, 0.29) is 0 Å². The third kappa shape index (κ3) is 4.13. The van der Waals surface area contributed by atoms with Gasteiger partial charge in [-0.3, -0.25) is 0 Å². The van der Waals surface area contributed by atoms with Crippen LogP contribution in [0.25, 0.3) is 0 Å². The van der Waals surface area contributed by atoms with E-state index in [2.05, 4.69) is 48.6 Å². The molecule has 0 spiro atoms. The summed E-state index contributed by atoms with van der Waals surface area (Å²) in [4.78, 5) is 0. The first-order valence-electron chi connectivity index (χ1n) is 4.77. The van der Waals surface area contributed by atoms with E-state index in [0.717, 1.165) is 0 Å². The van der Waals surface area contributed by atoms with Gasteiger partial charge in [0, 0.05) is 0 Å². The molecule has 0 nitrogen and oxygen atoms in total. The van der Waals surface area contributed by atoms with Crippen LogP contribution in [0.1, 0.15) is 34.6 Å². The zero-order valence-electron chi connectivity index (χ0n) is 9.00. The molecule has 72 valence electrons. The average molecular weight is 294 g/mol. The van der Waals surface area contributed by atoms with Crippen LogP contribution in [-0.4, -0.2) is 11.4 Å². The topological polar surface area (TPSA) is 0 Å². The van der Waals surface area contributed by atoms with Crippen LogP contribution in [0.3, 0.4) is 0 Å².